The predicted octanol–water partition coefficient (Wildman–Crippen LogP) is 3.49. The molecule has 4 fully saturated rings. The standard InChI is InChI=1S/C20H23ClO5/c21-15-4-12(5-16-17(15)25-2-1-24-16)10-26-18(22)19-6-13-3-14(7-19)9-20(23,8-13)11-19/h4-5,13-14,23H,1-3,6-11H2. The third-order valence-corrected chi connectivity index (χ3v) is 6.77. The van der Waals surface area contributed by atoms with Crippen LogP contribution in [0.4, 0.5) is 0 Å². The van der Waals surface area contributed by atoms with Gasteiger partial charge in [0.1, 0.15) is 19.8 Å². The second kappa shape index (κ2) is 5.77. The van der Waals surface area contributed by atoms with Gasteiger partial charge in [0, 0.05) is 0 Å². The molecule has 4 bridgehead atoms. The second-order valence-electron chi connectivity index (χ2n) is 8.64. The van der Waals surface area contributed by atoms with Gasteiger partial charge < -0.3 is 19.3 Å². The van der Waals surface area contributed by atoms with Gasteiger partial charge >= 0.3 is 5.97 Å². The van der Waals surface area contributed by atoms with E-state index in [2.05, 4.69) is 0 Å². The van der Waals surface area contributed by atoms with E-state index < -0.39 is 11.0 Å². The van der Waals surface area contributed by atoms with Crippen LogP contribution in [0.15, 0.2) is 12.1 Å². The normalized spacial score (nSPS) is 36.8. The number of benzene rings is 1. The number of esters is 1. The molecular formula is C20H23ClO5. The maximum atomic E-state index is 13.0. The smallest absolute Gasteiger partial charge is 0.312 e. The Labute approximate surface area is 157 Å². The van der Waals surface area contributed by atoms with Crippen molar-refractivity contribution in [3.05, 3.63) is 22.7 Å². The Morgan fingerprint density at radius 3 is 2.65 bits per heavy atom. The average molecular weight is 379 g/mol. The van der Waals surface area contributed by atoms with E-state index >= 15 is 0 Å². The zero-order chi connectivity index (χ0) is 17.9. The maximum absolute atomic E-state index is 13.0. The molecule has 1 heterocycles. The fourth-order valence-corrected chi connectivity index (χ4v) is 6.29. The van der Waals surface area contributed by atoms with Crippen LogP contribution in [-0.2, 0) is 16.1 Å². The molecule has 0 radical (unpaired) electrons. The summed E-state index contributed by atoms with van der Waals surface area (Å²) in [5, 5.41) is 11.3. The molecule has 0 saturated heterocycles. The van der Waals surface area contributed by atoms with Crippen molar-refractivity contribution in [2.24, 2.45) is 17.3 Å². The number of halogens is 1. The van der Waals surface area contributed by atoms with Gasteiger partial charge in [0.05, 0.1) is 16.0 Å². The topological polar surface area (TPSA) is 65.0 Å². The van der Waals surface area contributed by atoms with Gasteiger partial charge in [0.2, 0.25) is 0 Å². The van der Waals surface area contributed by atoms with Crippen molar-refractivity contribution in [1.82, 2.24) is 0 Å². The van der Waals surface area contributed by atoms with Crippen LogP contribution in [0.5, 0.6) is 11.5 Å². The van der Waals surface area contributed by atoms with Crippen LogP contribution in [0, 0.1) is 17.3 Å². The van der Waals surface area contributed by atoms with Crippen LogP contribution in [0.2, 0.25) is 5.02 Å². The van der Waals surface area contributed by atoms with Crippen molar-refractivity contribution in [2.75, 3.05) is 13.2 Å². The van der Waals surface area contributed by atoms with E-state index in [-0.39, 0.29) is 12.6 Å². The lowest BCUT2D eigenvalue weighted by Crippen LogP contribution is -2.58. The van der Waals surface area contributed by atoms with Gasteiger partial charge in [-0.2, -0.15) is 0 Å². The Hall–Kier alpha value is -1.46. The number of carbonyl (C=O) groups is 1. The Bertz CT molecular complexity index is 747. The van der Waals surface area contributed by atoms with Crippen molar-refractivity contribution in [3.8, 4) is 11.5 Å². The first kappa shape index (κ1) is 16.7. The van der Waals surface area contributed by atoms with Gasteiger partial charge in [-0.25, -0.2) is 0 Å². The molecule has 0 amide bonds. The summed E-state index contributed by atoms with van der Waals surface area (Å²) < 4.78 is 16.8. The lowest BCUT2D eigenvalue weighted by atomic mass is 9.48. The zero-order valence-corrected chi connectivity index (χ0v) is 15.4. The zero-order valence-electron chi connectivity index (χ0n) is 14.6. The molecule has 6 rings (SSSR count). The monoisotopic (exact) mass is 378 g/mol. The fraction of sp³-hybridized carbons (Fsp3) is 0.650. The van der Waals surface area contributed by atoms with E-state index in [1.807, 2.05) is 6.07 Å². The molecule has 0 spiro atoms. The van der Waals surface area contributed by atoms with Crippen molar-refractivity contribution >= 4 is 17.6 Å². The summed E-state index contributed by atoms with van der Waals surface area (Å²) in [6.45, 7) is 1.12. The van der Waals surface area contributed by atoms with E-state index in [1.165, 1.54) is 0 Å². The van der Waals surface area contributed by atoms with Gasteiger partial charge in [-0.3, -0.25) is 4.79 Å². The van der Waals surface area contributed by atoms with Gasteiger partial charge in [0.25, 0.3) is 0 Å². The van der Waals surface area contributed by atoms with Gasteiger partial charge in [-0.05, 0) is 68.1 Å². The summed E-state index contributed by atoms with van der Waals surface area (Å²) in [7, 11) is 0. The van der Waals surface area contributed by atoms with Crippen molar-refractivity contribution in [2.45, 2.75) is 50.7 Å². The highest BCUT2D eigenvalue weighted by Crippen LogP contribution is 2.62. The summed E-state index contributed by atoms with van der Waals surface area (Å²) in [6, 6.07) is 3.58. The molecule has 0 aromatic heterocycles. The SMILES string of the molecule is O=C(OCc1cc(Cl)c2c(c1)OCCO2)C12CC3CC(CC(O)(C3)C1)C2. The van der Waals surface area contributed by atoms with Crippen LogP contribution >= 0.6 is 11.6 Å². The van der Waals surface area contributed by atoms with E-state index in [9.17, 15) is 9.90 Å². The highest BCUT2D eigenvalue weighted by molar-refractivity contribution is 6.32. The van der Waals surface area contributed by atoms with E-state index in [4.69, 9.17) is 25.8 Å². The minimum atomic E-state index is -0.663. The highest BCUT2D eigenvalue weighted by Gasteiger charge is 2.60. The molecule has 2 unspecified atom stereocenters. The van der Waals surface area contributed by atoms with Crippen LogP contribution in [0.1, 0.15) is 44.1 Å². The van der Waals surface area contributed by atoms with E-state index in [0.29, 0.717) is 48.0 Å². The van der Waals surface area contributed by atoms with Crippen LogP contribution in [0.3, 0.4) is 0 Å². The molecule has 4 aliphatic carbocycles. The number of aliphatic hydroxyl groups is 1. The molecule has 5 aliphatic rings. The molecular weight excluding hydrogens is 356 g/mol. The van der Waals surface area contributed by atoms with E-state index in [0.717, 1.165) is 37.7 Å². The number of fused-ring (bicyclic) bond motifs is 1. The third-order valence-electron chi connectivity index (χ3n) is 6.49. The van der Waals surface area contributed by atoms with Crippen LogP contribution in [0.25, 0.3) is 0 Å². The molecule has 140 valence electrons. The lowest BCUT2D eigenvalue weighted by molar-refractivity contribution is -0.197. The van der Waals surface area contributed by atoms with Gasteiger partial charge in [0.15, 0.2) is 11.5 Å². The van der Waals surface area contributed by atoms with E-state index in [1.54, 1.807) is 6.07 Å². The average Bonchev–Trinajstić information content (AvgIpc) is 2.57. The largest absolute Gasteiger partial charge is 0.486 e. The van der Waals surface area contributed by atoms with Crippen molar-refractivity contribution < 1.29 is 24.1 Å². The summed E-state index contributed by atoms with van der Waals surface area (Å²) in [4.78, 5) is 13.0. The minimum absolute atomic E-state index is 0.157. The lowest BCUT2D eigenvalue weighted by Gasteiger charge is -2.58. The molecule has 1 N–H and O–H groups in total. The number of hydrogen-bond acceptors (Lipinski definition) is 5. The fourth-order valence-electron chi connectivity index (χ4n) is 6.00. The van der Waals surface area contributed by atoms with Crippen molar-refractivity contribution in [1.29, 1.82) is 0 Å². The van der Waals surface area contributed by atoms with Crippen molar-refractivity contribution in [3.63, 3.8) is 0 Å². The third kappa shape index (κ3) is 2.67. The van der Waals surface area contributed by atoms with Gasteiger partial charge in [-0.1, -0.05) is 11.6 Å². The number of carbonyl (C=O) groups excluding carboxylic acids is 1. The first-order valence-electron chi connectivity index (χ1n) is 9.42. The maximum Gasteiger partial charge on any atom is 0.312 e. The molecule has 2 atom stereocenters. The number of hydrogen-bond donors (Lipinski definition) is 1. The van der Waals surface area contributed by atoms with Crippen LogP contribution in [-0.4, -0.2) is 29.9 Å². The van der Waals surface area contributed by atoms with Gasteiger partial charge in [-0.15, -0.1) is 0 Å². The Morgan fingerprint density at radius 2 is 1.92 bits per heavy atom. The minimum Gasteiger partial charge on any atom is -0.486 e. The predicted molar refractivity (Wildman–Crippen MR) is 94.3 cm³/mol. The number of ether oxygens (including phenoxy) is 3. The molecule has 4 saturated carbocycles. The molecule has 1 aromatic rings. The molecule has 26 heavy (non-hydrogen) atoms. The molecule has 6 heteroatoms. The Balaban J connectivity index is 1.32. The Morgan fingerprint density at radius 1 is 1.19 bits per heavy atom. The second-order valence-corrected chi connectivity index (χ2v) is 9.05. The first-order chi connectivity index (χ1) is 12.4. The summed E-state index contributed by atoms with van der Waals surface area (Å²) in [6.07, 6.45) is 5.09. The molecule has 1 aromatic carbocycles. The first-order valence-corrected chi connectivity index (χ1v) is 9.80. The highest BCUT2D eigenvalue weighted by atomic mass is 35.5. The summed E-state index contributed by atoms with van der Waals surface area (Å²) in [5.74, 6) is 1.89. The van der Waals surface area contributed by atoms with Crippen LogP contribution < -0.4 is 9.47 Å². The molecule has 1 aliphatic heterocycles. The quantitative estimate of drug-likeness (QED) is 0.816. The molecule has 5 nitrogen and oxygen atoms in total. The Kier molecular flexibility index (Phi) is 3.70. The summed E-state index contributed by atoms with van der Waals surface area (Å²) in [5.41, 5.74) is -0.379. The summed E-state index contributed by atoms with van der Waals surface area (Å²) >= 11 is 6.26. The number of rotatable bonds is 3.